The maximum absolute atomic E-state index is 12.6. The smallest absolute Gasteiger partial charge is 0.325 e. The number of nitrogens with zero attached hydrogens (tertiary/aromatic N) is 1. The number of aliphatic carboxylic acids is 1. The van der Waals surface area contributed by atoms with E-state index in [9.17, 15) is 19.2 Å². The summed E-state index contributed by atoms with van der Waals surface area (Å²) in [6.07, 6.45) is 2.79. The van der Waals surface area contributed by atoms with E-state index in [-0.39, 0.29) is 11.8 Å². The molecule has 2 rings (SSSR count). The summed E-state index contributed by atoms with van der Waals surface area (Å²) in [6.45, 7) is 3.74. The van der Waals surface area contributed by atoms with Crippen molar-refractivity contribution < 1.29 is 24.3 Å². The standard InChI is InChI=1S/C19H25N3O5/c1-3-16(23)22-11-5-4-6-15(22)18(25)21-14-9-7-13(8-10-14)17(24)20-12(2)19(26)27/h7-10,12,15H,3-6,11H2,1-2H3,(H,20,24)(H,21,25)(H,26,27). The summed E-state index contributed by atoms with van der Waals surface area (Å²) < 4.78 is 0. The van der Waals surface area contributed by atoms with Crippen LogP contribution in [0, 0.1) is 0 Å². The SMILES string of the molecule is CCC(=O)N1CCCCC1C(=O)Nc1ccc(C(=O)NC(C)C(=O)O)cc1. The van der Waals surface area contributed by atoms with Crippen molar-refractivity contribution in [3.05, 3.63) is 29.8 Å². The number of hydrogen-bond acceptors (Lipinski definition) is 4. The Morgan fingerprint density at radius 1 is 1.19 bits per heavy atom. The van der Waals surface area contributed by atoms with Crippen LogP contribution >= 0.6 is 0 Å². The molecule has 0 radical (unpaired) electrons. The average molecular weight is 375 g/mol. The molecule has 8 heteroatoms. The third-order valence-corrected chi connectivity index (χ3v) is 4.56. The molecule has 2 unspecified atom stereocenters. The van der Waals surface area contributed by atoms with Crippen molar-refractivity contribution in [1.29, 1.82) is 0 Å². The van der Waals surface area contributed by atoms with E-state index < -0.39 is 24.0 Å². The third kappa shape index (κ3) is 5.29. The van der Waals surface area contributed by atoms with Crippen LogP contribution in [0.5, 0.6) is 0 Å². The van der Waals surface area contributed by atoms with Crippen molar-refractivity contribution in [2.75, 3.05) is 11.9 Å². The highest BCUT2D eigenvalue weighted by Gasteiger charge is 2.31. The van der Waals surface area contributed by atoms with Gasteiger partial charge in [-0.25, -0.2) is 0 Å². The lowest BCUT2D eigenvalue weighted by molar-refractivity contribution is -0.140. The predicted molar refractivity (Wildman–Crippen MR) is 99.3 cm³/mol. The first kappa shape index (κ1) is 20.4. The lowest BCUT2D eigenvalue weighted by atomic mass is 10.0. The second kappa shape index (κ2) is 9.16. The number of likely N-dealkylation sites (tertiary alicyclic amines) is 1. The highest BCUT2D eigenvalue weighted by atomic mass is 16.4. The maximum Gasteiger partial charge on any atom is 0.325 e. The highest BCUT2D eigenvalue weighted by molar-refractivity contribution is 5.99. The Hall–Kier alpha value is -2.90. The first-order chi connectivity index (χ1) is 12.8. The number of carbonyl (C=O) groups excluding carboxylic acids is 3. The summed E-state index contributed by atoms with van der Waals surface area (Å²) in [5.41, 5.74) is 0.804. The lowest BCUT2D eigenvalue weighted by Gasteiger charge is -2.34. The molecule has 3 N–H and O–H groups in total. The molecule has 1 heterocycles. The van der Waals surface area contributed by atoms with Crippen LogP contribution in [0.15, 0.2) is 24.3 Å². The second-order valence-electron chi connectivity index (χ2n) is 6.55. The zero-order valence-electron chi connectivity index (χ0n) is 15.5. The summed E-state index contributed by atoms with van der Waals surface area (Å²) in [6, 6.07) is 4.70. The van der Waals surface area contributed by atoms with Crippen molar-refractivity contribution >= 4 is 29.4 Å². The van der Waals surface area contributed by atoms with Gasteiger partial charge in [0, 0.05) is 24.2 Å². The van der Waals surface area contributed by atoms with Crippen LogP contribution in [0.3, 0.4) is 0 Å². The number of benzene rings is 1. The molecule has 146 valence electrons. The van der Waals surface area contributed by atoms with Crippen LogP contribution in [0.4, 0.5) is 5.69 Å². The number of carboxylic acids is 1. The Morgan fingerprint density at radius 2 is 1.85 bits per heavy atom. The zero-order valence-corrected chi connectivity index (χ0v) is 15.5. The van der Waals surface area contributed by atoms with Gasteiger partial charge in [-0.2, -0.15) is 0 Å². The van der Waals surface area contributed by atoms with Crippen LogP contribution in [0.2, 0.25) is 0 Å². The summed E-state index contributed by atoms with van der Waals surface area (Å²) in [5, 5.41) is 14.0. The normalized spacial score (nSPS) is 17.7. The van der Waals surface area contributed by atoms with E-state index in [2.05, 4.69) is 10.6 Å². The van der Waals surface area contributed by atoms with Gasteiger partial charge in [-0.15, -0.1) is 0 Å². The highest BCUT2D eigenvalue weighted by Crippen LogP contribution is 2.20. The first-order valence-corrected chi connectivity index (χ1v) is 9.07. The van der Waals surface area contributed by atoms with Gasteiger partial charge in [0.15, 0.2) is 0 Å². The summed E-state index contributed by atoms with van der Waals surface area (Å²) in [5.74, 6) is -1.90. The van der Waals surface area contributed by atoms with Gasteiger partial charge >= 0.3 is 5.97 Å². The van der Waals surface area contributed by atoms with Gasteiger partial charge in [0.2, 0.25) is 11.8 Å². The van der Waals surface area contributed by atoms with Crippen molar-refractivity contribution in [3.8, 4) is 0 Å². The molecule has 0 aromatic heterocycles. The van der Waals surface area contributed by atoms with Gasteiger partial charge < -0.3 is 20.6 Å². The Balaban J connectivity index is 2.00. The minimum Gasteiger partial charge on any atom is -0.480 e. The van der Waals surface area contributed by atoms with E-state index in [1.165, 1.54) is 19.1 Å². The number of carbonyl (C=O) groups is 4. The van der Waals surface area contributed by atoms with Gasteiger partial charge in [-0.3, -0.25) is 19.2 Å². The molecule has 27 heavy (non-hydrogen) atoms. The largest absolute Gasteiger partial charge is 0.480 e. The molecule has 3 amide bonds. The van der Waals surface area contributed by atoms with Gasteiger partial charge in [0.25, 0.3) is 5.91 Å². The molecule has 0 aliphatic carbocycles. The van der Waals surface area contributed by atoms with E-state index >= 15 is 0 Å². The number of anilines is 1. The Kier molecular flexibility index (Phi) is 6.92. The zero-order chi connectivity index (χ0) is 20.0. The molecule has 8 nitrogen and oxygen atoms in total. The molecule has 1 aromatic carbocycles. The summed E-state index contributed by atoms with van der Waals surface area (Å²) >= 11 is 0. The number of nitrogens with one attached hydrogen (secondary N) is 2. The molecule has 0 bridgehead atoms. The Labute approximate surface area is 157 Å². The Bertz CT molecular complexity index is 717. The lowest BCUT2D eigenvalue weighted by Crippen LogP contribution is -2.49. The molecule has 0 spiro atoms. The topological polar surface area (TPSA) is 116 Å². The molecular weight excluding hydrogens is 350 g/mol. The van der Waals surface area contributed by atoms with Crippen molar-refractivity contribution in [2.45, 2.75) is 51.6 Å². The van der Waals surface area contributed by atoms with Crippen molar-refractivity contribution in [2.24, 2.45) is 0 Å². The second-order valence-corrected chi connectivity index (χ2v) is 6.55. The van der Waals surface area contributed by atoms with Crippen molar-refractivity contribution in [3.63, 3.8) is 0 Å². The average Bonchev–Trinajstić information content (AvgIpc) is 2.67. The van der Waals surface area contributed by atoms with Crippen LogP contribution in [-0.4, -0.2) is 52.3 Å². The third-order valence-electron chi connectivity index (χ3n) is 4.56. The summed E-state index contributed by atoms with van der Waals surface area (Å²) in [4.78, 5) is 49.1. The minimum absolute atomic E-state index is 0.0329. The number of carboxylic acid groups (broad SMARTS) is 1. The van der Waals surface area contributed by atoms with Gasteiger partial charge in [-0.1, -0.05) is 6.92 Å². The number of hydrogen-bond donors (Lipinski definition) is 3. The number of amides is 3. The molecule has 1 aromatic rings. The van der Waals surface area contributed by atoms with Gasteiger partial charge in [0.05, 0.1) is 0 Å². The van der Waals surface area contributed by atoms with Crippen LogP contribution < -0.4 is 10.6 Å². The van der Waals surface area contributed by atoms with E-state index in [4.69, 9.17) is 5.11 Å². The molecule has 1 fully saturated rings. The summed E-state index contributed by atoms with van der Waals surface area (Å²) in [7, 11) is 0. The predicted octanol–water partition coefficient (Wildman–Crippen LogP) is 1.62. The fraction of sp³-hybridized carbons (Fsp3) is 0.474. The Morgan fingerprint density at radius 3 is 2.44 bits per heavy atom. The number of piperidine rings is 1. The quantitative estimate of drug-likeness (QED) is 0.699. The fourth-order valence-electron chi connectivity index (χ4n) is 2.98. The molecule has 0 saturated carbocycles. The maximum atomic E-state index is 12.6. The molecule has 2 atom stereocenters. The van der Waals surface area contributed by atoms with Crippen LogP contribution in [-0.2, 0) is 14.4 Å². The van der Waals surface area contributed by atoms with Crippen LogP contribution in [0.25, 0.3) is 0 Å². The van der Waals surface area contributed by atoms with E-state index in [1.54, 1.807) is 24.0 Å². The van der Waals surface area contributed by atoms with E-state index in [1.807, 2.05) is 0 Å². The molecule has 1 aliphatic rings. The minimum atomic E-state index is -1.12. The van der Waals surface area contributed by atoms with Crippen LogP contribution in [0.1, 0.15) is 49.9 Å². The molecule has 1 aliphatic heterocycles. The van der Waals surface area contributed by atoms with Gasteiger partial charge in [0.1, 0.15) is 12.1 Å². The number of rotatable bonds is 6. The first-order valence-electron chi connectivity index (χ1n) is 9.07. The molecular formula is C19H25N3O5. The van der Waals surface area contributed by atoms with E-state index in [0.29, 0.717) is 30.6 Å². The van der Waals surface area contributed by atoms with Crippen molar-refractivity contribution in [1.82, 2.24) is 10.2 Å². The fourth-order valence-corrected chi connectivity index (χ4v) is 2.98. The molecule has 1 saturated heterocycles. The monoisotopic (exact) mass is 375 g/mol. The van der Waals surface area contributed by atoms with E-state index in [0.717, 1.165) is 12.8 Å². The van der Waals surface area contributed by atoms with Gasteiger partial charge in [-0.05, 0) is 50.5 Å².